The number of hydrogen-bond donors (Lipinski definition) is 0. The van der Waals surface area contributed by atoms with Crippen molar-refractivity contribution in [2.24, 2.45) is 0 Å². The lowest BCUT2D eigenvalue weighted by molar-refractivity contribution is 1.06. The molecule has 0 aliphatic carbocycles. The molecular weight excluding hydrogens is 254 g/mol. The molecule has 4 aromatic rings. The standard InChI is InChI=1S/C15H9N3S/c1-2-4-13-11(3-1)12-6-5-10(7-14(12)19-13)15-17-8-16-9-18-15/h1-9H. The third-order valence-electron chi connectivity index (χ3n) is 3.13. The van der Waals surface area contributed by atoms with E-state index in [4.69, 9.17) is 0 Å². The van der Waals surface area contributed by atoms with E-state index in [2.05, 4.69) is 57.4 Å². The van der Waals surface area contributed by atoms with Gasteiger partial charge < -0.3 is 0 Å². The zero-order chi connectivity index (χ0) is 12.7. The first-order valence-corrected chi connectivity index (χ1v) is 6.77. The molecule has 2 aromatic heterocycles. The van der Waals surface area contributed by atoms with E-state index in [0.29, 0.717) is 5.82 Å². The minimum atomic E-state index is 0.717. The fourth-order valence-corrected chi connectivity index (χ4v) is 3.40. The minimum absolute atomic E-state index is 0.717. The van der Waals surface area contributed by atoms with Gasteiger partial charge in [0, 0.05) is 25.7 Å². The quantitative estimate of drug-likeness (QED) is 0.522. The summed E-state index contributed by atoms with van der Waals surface area (Å²) in [6, 6.07) is 14.8. The second kappa shape index (κ2) is 4.10. The second-order valence-electron chi connectivity index (χ2n) is 4.27. The van der Waals surface area contributed by atoms with Crippen LogP contribution in [0.4, 0.5) is 0 Å². The normalized spacial score (nSPS) is 11.2. The largest absolute Gasteiger partial charge is 0.225 e. The van der Waals surface area contributed by atoms with Gasteiger partial charge in [0.25, 0.3) is 0 Å². The monoisotopic (exact) mass is 263 g/mol. The third kappa shape index (κ3) is 1.69. The SMILES string of the molecule is c1ccc2c(c1)sc1cc(-c3ncncn3)ccc12. The Balaban J connectivity index is 1.99. The fraction of sp³-hybridized carbons (Fsp3) is 0. The van der Waals surface area contributed by atoms with Crippen LogP contribution < -0.4 is 0 Å². The first-order chi connectivity index (χ1) is 9.42. The van der Waals surface area contributed by atoms with Gasteiger partial charge in [0.1, 0.15) is 12.7 Å². The summed E-state index contributed by atoms with van der Waals surface area (Å²) in [5.74, 6) is 0.717. The second-order valence-corrected chi connectivity index (χ2v) is 5.35. The van der Waals surface area contributed by atoms with Gasteiger partial charge in [-0.2, -0.15) is 0 Å². The van der Waals surface area contributed by atoms with Crippen molar-refractivity contribution in [1.82, 2.24) is 15.0 Å². The Kier molecular flexibility index (Phi) is 2.28. The molecule has 0 fully saturated rings. The summed E-state index contributed by atoms with van der Waals surface area (Å²) < 4.78 is 2.57. The average molecular weight is 263 g/mol. The molecule has 4 heteroatoms. The molecule has 0 spiro atoms. The third-order valence-corrected chi connectivity index (χ3v) is 4.26. The lowest BCUT2D eigenvalue weighted by atomic mass is 10.1. The van der Waals surface area contributed by atoms with Gasteiger partial charge in [-0.25, -0.2) is 15.0 Å². The van der Waals surface area contributed by atoms with Crippen molar-refractivity contribution >= 4 is 31.5 Å². The molecule has 90 valence electrons. The molecule has 0 saturated heterocycles. The van der Waals surface area contributed by atoms with Crippen molar-refractivity contribution in [1.29, 1.82) is 0 Å². The van der Waals surface area contributed by atoms with Gasteiger partial charge in [0.05, 0.1) is 0 Å². The van der Waals surface area contributed by atoms with Crippen molar-refractivity contribution in [3.05, 3.63) is 55.1 Å². The van der Waals surface area contributed by atoms with E-state index in [1.165, 1.54) is 32.8 Å². The summed E-state index contributed by atoms with van der Waals surface area (Å²) in [6.45, 7) is 0. The van der Waals surface area contributed by atoms with Gasteiger partial charge in [-0.3, -0.25) is 0 Å². The number of nitrogens with zero attached hydrogens (tertiary/aromatic N) is 3. The topological polar surface area (TPSA) is 38.7 Å². The van der Waals surface area contributed by atoms with E-state index in [9.17, 15) is 0 Å². The van der Waals surface area contributed by atoms with Gasteiger partial charge in [0.2, 0.25) is 0 Å². The van der Waals surface area contributed by atoms with Crippen molar-refractivity contribution in [3.63, 3.8) is 0 Å². The number of thiophene rings is 1. The lowest BCUT2D eigenvalue weighted by Gasteiger charge is -1.98. The molecule has 0 radical (unpaired) electrons. The highest BCUT2D eigenvalue weighted by Crippen LogP contribution is 2.35. The van der Waals surface area contributed by atoms with Gasteiger partial charge in [0.15, 0.2) is 5.82 Å². The summed E-state index contributed by atoms with van der Waals surface area (Å²) >= 11 is 1.80. The summed E-state index contributed by atoms with van der Waals surface area (Å²) in [6.07, 6.45) is 3.05. The molecule has 0 aliphatic heterocycles. The molecule has 2 aromatic carbocycles. The van der Waals surface area contributed by atoms with Crippen molar-refractivity contribution in [2.75, 3.05) is 0 Å². The highest BCUT2D eigenvalue weighted by atomic mass is 32.1. The smallest absolute Gasteiger partial charge is 0.162 e. The maximum atomic E-state index is 4.19. The van der Waals surface area contributed by atoms with Gasteiger partial charge in [-0.15, -0.1) is 11.3 Å². The van der Waals surface area contributed by atoms with E-state index >= 15 is 0 Å². The average Bonchev–Trinajstić information content (AvgIpc) is 2.86. The molecule has 0 saturated carbocycles. The molecule has 0 aliphatic rings. The zero-order valence-corrected chi connectivity index (χ0v) is 10.8. The molecular formula is C15H9N3S. The number of aromatic nitrogens is 3. The van der Waals surface area contributed by atoms with E-state index < -0.39 is 0 Å². The maximum absolute atomic E-state index is 4.19. The molecule has 2 heterocycles. The van der Waals surface area contributed by atoms with Crippen LogP contribution in [0, 0.1) is 0 Å². The van der Waals surface area contributed by atoms with E-state index in [1.54, 1.807) is 11.3 Å². The van der Waals surface area contributed by atoms with Gasteiger partial charge in [-0.1, -0.05) is 30.3 Å². The molecule has 0 atom stereocenters. The number of benzene rings is 2. The van der Waals surface area contributed by atoms with Crippen LogP contribution in [0.15, 0.2) is 55.1 Å². The maximum Gasteiger partial charge on any atom is 0.162 e. The molecule has 19 heavy (non-hydrogen) atoms. The Hall–Kier alpha value is -2.33. The first-order valence-electron chi connectivity index (χ1n) is 5.95. The van der Waals surface area contributed by atoms with Crippen molar-refractivity contribution in [3.8, 4) is 11.4 Å². The predicted octanol–water partition coefficient (Wildman–Crippen LogP) is 3.91. The van der Waals surface area contributed by atoms with E-state index in [-0.39, 0.29) is 0 Å². The van der Waals surface area contributed by atoms with Crippen LogP contribution in [-0.2, 0) is 0 Å². The Labute approximate surface area is 113 Å². The number of fused-ring (bicyclic) bond motifs is 3. The van der Waals surface area contributed by atoms with Crippen LogP contribution >= 0.6 is 11.3 Å². The summed E-state index contributed by atoms with van der Waals surface area (Å²) in [5.41, 5.74) is 1.03. The number of hydrogen-bond acceptors (Lipinski definition) is 4. The van der Waals surface area contributed by atoms with Crippen LogP contribution in [0.1, 0.15) is 0 Å². The molecule has 4 rings (SSSR count). The highest BCUT2D eigenvalue weighted by molar-refractivity contribution is 7.25. The predicted molar refractivity (Wildman–Crippen MR) is 78.2 cm³/mol. The van der Waals surface area contributed by atoms with Gasteiger partial charge in [-0.05, 0) is 12.1 Å². The van der Waals surface area contributed by atoms with Crippen molar-refractivity contribution in [2.45, 2.75) is 0 Å². The Morgan fingerprint density at radius 3 is 2.47 bits per heavy atom. The van der Waals surface area contributed by atoms with Crippen LogP contribution in [0.2, 0.25) is 0 Å². The summed E-state index contributed by atoms with van der Waals surface area (Å²) in [7, 11) is 0. The number of rotatable bonds is 1. The van der Waals surface area contributed by atoms with Crippen molar-refractivity contribution < 1.29 is 0 Å². The Morgan fingerprint density at radius 2 is 1.58 bits per heavy atom. The summed E-state index contributed by atoms with van der Waals surface area (Å²) in [4.78, 5) is 12.2. The Morgan fingerprint density at radius 1 is 0.789 bits per heavy atom. The van der Waals surface area contributed by atoms with E-state index in [1.807, 2.05) is 0 Å². The molecule has 0 bridgehead atoms. The summed E-state index contributed by atoms with van der Waals surface area (Å²) in [5, 5.41) is 2.60. The van der Waals surface area contributed by atoms with Crippen LogP contribution in [0.3, 0.4) is 0 Å². The van der Waals surface area contributed by atoms with Crippen LogP contribution in [-0.4, -0.2) is 15.0 Å². The highest BCUT2D eigenvalue weighted by Gasteiger charge is 2.07. The lowest BCUT2D eigenvalue weighted by Crippen LogP contribution is -1.88. The molecule has 0 unspecified atom stereocenters. The minimum Gasteiger partial charge on any atom is -0.225 e. The zero-order valence-electron chi connectivity index (χ0n) is 9.95. The van der Waals surface area contributed by atoms with Crippen LogP contribution in [0.5, 0.6) is 0 Å². The van der Waals surface area contributed by atoms with Crippen LogP contribution in [0.25, 0.3) is 31.6 Å². The molecule has 0 N–H and O–H groups in total. The Bertz CT molecular complexity index is 868. The van der Waals surface area contributed by atoms with E-state index in [0.717, 1.165) is 5.56 Å². The molecule has 3 nitrogen and oxygen atoms in total. The molecule has 0 amide bonds. The fourth-order valence-electron chi connectivity index (χ4n) is 2.25. The first kappa shape index (κ1) is 10.6. The van der Waals surface area contributed by atoms with Gasteiger partial charge >= 0.3 is 0 Å².